The fourth-order valence-corrected chi connectivity index (χ4v) is 3.00. The molecular weight excluding hydrogens is 400 g/mol. The number of hydrogen-bond acceptors (Lipinski definition) is 3. The Morgan fingerprint density at radius 3 is 2.23 bits per heavy atom. The van der Waals surface area contributed by atoms with Crippen LogP contribution < -0.4 is 15.6 Å². The first-order chi connectivity index (χ1) is 14.5. The Bertz CT molecular complexity index is 974. The predicted molar refractivity (Wildman–Crippen MR) is 117 cm³/mol. The zero-order valence-electron chi connectivity index (χ0n) is 16.6. The molecule has 0 aliphatic rings. The van der Waals surface area contributed by atoms with Crippen LogP contribution in [0.4, 0.5) is 0 Å². The van der Waals surface area contributed by atoms with Gasteiger partial charge in [-0.2, -0.15) is 0 Å². The van der Waals surface area contributed by atoms with Gasteiger partial charge in [-0.15, -0.1) is 0 Å². The van der Waals surface area contributed by atoms with E-state index in [4.69, 9.17) is 16.3 Å². The van der Waals surface area contributed by atoms with Gasteiger partial charge in [-0.1, -0.05) is 61.0 Å². The first-order valence-corrected chi connectivity index (χ1v) is 10.0. The Kier molecular flexibility index (Phi) is 7.46. The lowest BCUT2D eigenvalue weighted by Gasteiger charge is -2.13. The van der Waals surface area contributed by atoms with Gasteiger partial charge in [-0.25, -0.2) is 0 Å². The van der Waals surface area contributed by atoms with Crippen molar-refractivity contribution < 1.29 is 14.3 Å². The summed E-state index contributed by atoms with van der Waals surface area (Å²) in [6.45, 7) is 2.35. The van der Waals surface area contributed by atoms with Gasteiger partial charge in [0.15, 0.2) is 0 Å². The van der Waals surface area contributed by atoms with Crippen LogP contribution in [0.15, 0.2) is 78.9 Å². The van der Waals surface area contributed by atoms with Gasteiger partial charge in [0, 0.05) is 17.0 Å². The third-order valence-electron chi connectivity index (χ3n) is 4.61. The van der Waals surface area contributed by atoms with Crippen molar-refractivity contribution >= 4 is 23.4 Å². The van der Waals surface area contributed by atoms with Crippen LogP contribution in [0.3, 0.4) is 0 Å². The average molecular weight is 423 g/mol. The highest BCUT2D eigenvalue weighted by Crippen LogP contribution is 2.18. The number of carbonyl (C=O) groups excluding carboxylic acids is 2. The zero-order chi connectivity index (χ0) is 21.3. The van der Waals surface area contributed by atoms with E-state index in [1.165, 1.54) is 0 Å². The van der Waals surface area contributed by atoms with Crippen LogP contribution in [-0.2, 0) is 11.4 Å². The Labute approximate surface area is 181 Å². The van der Waals surface area contributed by atoms with Crippen molar-refractivity contribution in [2.45, 2.75) is 25.9 Å². The van der Waals surface area contributed by atoms with Crippen molar-refractivity contribution in [1.29, 1.82) is 0 Å². The molecule has 0 spiro atoms. The van der Waals surface area contributed by atoms with Crippen LogP contribution >= 0.6 is 11.6 Å². The first kappa shape index (κ1) is 21.4. The van der Waals surface area contributed by atoms with Crippen molar-refractivity contribution in [3.05, 3.63) is 101 Å². The lowest BCUT2D eigenvalue weighted by molar-refractivity contribution is -0.122. The number of halogens is 1. The fraction of sp³-hybridized carbons (Fsp3) is 0.167. The molecule has 0 aromatic heterocycles. The fourth-order valence-electron chi connectivity index (χ4n) is 2.88. The number of carbonyl (C=O) groups is 2. The highest BCUT2D eigenvalue weighted by molar-refractivity contribution is 6.30. The Balaban J connectivity index is 1.44. The third kappa shape index (κ3) is 6.36. The van der Waals surface area contributed by atoms with Crippen LogP contribution in [0.2, 0.25) is 5.02 Å². The summed E-state index contributed by atoms with van der Waals surface area (Å²) in [7, 11) is 0. The zero-order valence-corrected chi connectivity index (χ0v) is 17.4. The van der Waals surface area contributed by atoms with E-state index >= 15 is 0 Å². The summed E-state index contributed by atoms with van der Waals surface area (Å²) in [6, 6.07) is 23.9. The maximum absolute atomic E-state index is 12.3. The molecule has 0 aliphatic heterocycles. The Hall–Kier alpha value is -3.31. The molecule has 0 saturated carbocycles. The van der Waals surface area contributed by atoms with Crippen molar-refractivity contribution in [2.24, 2.45) is 0 Å². The van der Waals surface area contributed by atoms with Gasteiger partial charge in [0.1, 0.15) is 12.4 Å². The van der Waals surface area contributed by atoms with Crippen molar-refractivity contribution in [3.63, 3.8) is 0 Å². The van der Waals surface area contributed by atoms with Gasteiger partial charge >= 0.3 is 0 Å². The minimum absolute atomic E-state index is 0.0584. The molecule has 0 saturated heterocycles. The number of ether oxygens (including phenoxy) is 1. The quantitative estimate of drug-likeness (QED) is 0.533. The second-order valence-electron chi connectivity index (χ2n) is 6.96. The Morgan fingerprint density at radius 1 is 0.900 bits per heavy atom. The number of amides is 2. The molecule has 5 nitrogen and oxygen atoms in total. The molecule has 0 unspecified atom stereocenters. The van der Waals surface area contributed by atoms with E-state index in [0.717, 1.165) is 11.1 Å². The molecule has 1 atom stereocenters. The summed E-state index contributed by atoms with van der Waals surface area (Å²) in [4.78, 5) is 24.4. The summed E-state index contributed by atoms with van der Waals surface area (Å²) >= 11 is 5.85. The maximum atomic E-state index is 12.3. The molecule has 0 heterocycles. The van der Waals surface area contributed by atoms with E-state index in [2.05, 4.69) is 10.9 Å². The van der Waals surface area contributed by atoms with Crippen LogP contribution in [0, 0.1) is 0 Å². The lowest BCUT2D eigenvalue weighted by Crippen LogP contribution is -2.42. The number of rotatable bonds is 7. The van der Waals surface area contributed by atoms with Crippen LogP contribution in [0.5, 0.6) is 5.75 Å². The van der Waals surface area contributed by atoms with E-state index in [1.54, 1.807) is 36.4 Å². The van der Waals surface area contributed by atoms with Crippen molar-refractivity contribution in [1.82, 2.24) is 10.9 Å². The van der Waals surface area contributed by atoms with E-state index in [1.807, 2.05) is 49.4 Å². The summed E-state index contributed by atoms with van der Waals surface area (Å²) in [5.74, 6) is 0.158. The van der Waals surface area contributed by atoms with Gasteiger partial charge in [0.05, 0.1) is 0 Å². The maximum Gasteiger partial charge on any atom is 0.269 e. The van der Waals surface area contributed by atoms with E-state index in [9.17, 15) is 9.59 Å². The highest BCUT2D eigenvalue weighted by Gasteiger charge is 2.12. The number of benzene rings is 3. The average Bonchev–Trinajstić information content (AvgIpc) is 2.78. The largest absolute Gasteiger partial charge is 0.489 e. The number of hydrogen-bond donors (Lipinski definition) is 2. The Morgan fingerprint density at radius 2 is 1.57 bits per heavy atom. The van der Waals surface area contributed by atoms with E-state index in [-0.39, 0.29) is 24.2 Å². The molecule has 2 amide bonds. The van der Waals surface area contributed by atoms with Crippen LogP contribution in [0.25, 0.3) is 0 Å². The summed E-state index contributed by atoms with van der Waals surface area (Å²) in [5, 5.41) is 0.652. The minimum Gasteiger partial charge on any atom is -0.489 e. The summed E-state index contributed by atoms with van der Waals surface area (Å²) in [5.41, 5.74) is 7.37. The molecule has 6 heteroatoms. The molecule has 3 rings (SSSR count). The number of hydrazine groups is 1. The van der Waals surface area contributed by atoms with Crippen LogP contribution in [-0.4, -0.2) is 11.8 Å². The van der Waals surface area contributed by atoms with Crippen molar-refractivity contribution in [3.8, 4) is 5.75 Å². The van der Waals surface area contributed by atoms with E-state index < -0.39 is 0 Å². The van der Waals surface area contributed by atoms with Gasteiger partial charge in [0.2, 0.25) is 5.91 Å². The molecule has 154 valence electrons. The molecule has 0 bridgehead atoms. The van der Waals surface area contributed by atoms with E-state index in [0.29, 0.717) is 22.9 Å². The third-order valence-corrected chi connectivity index (χ3v) is 4.86. The van der Waals surface area contributed by atoms with Crippen LogP contribution in [0.1, 0.15) is 40.7 Å². The number of nitrogens with one attached hydrogen (secondary N) is 2. The molecule has 3 aromatic carbocycles. The van der Waals surface area contributed by atoms with Gasteiger partial charge in [0.25, 0.3) is 5.91 Å². The minimum atomic E-state index is -0.374. The second kappa shape index (κ2) is 10.5. The van der Waals surface area contributed by atoms with Gasteiger partial charge < -0.3 is 4.74 Å². The molecule has 0 aliphatic carbocycles. The molecule has 0 fully saturated rings. The monoisotopic (exact) mass is 422 g/mol. The molecular formula is C24H23ClN2O3. The van der Waals surface area contributed by atoms with Gasteiger partial charge in [-0.05, 0) is 53.4 Å². The molecule has 2 N–H and O–H groups in total. The SMILES string of the molecule is C[C@@H](CC(=O)NNC(=O)c1ccc(COc2ccc(Cl)cc2)cc1)c1ccccc1. The van der Waals surface area contributed by atoms with Gasteiger partial charge in [-0.3, -0.25) is 20.4 Å². The smallest absolute Gasteiger partial charge is 0.269 e. The summed E-state index contributed by atoms with van der Waals surface area (Å²) in [6.07, 6.45) is 0.283. The van der Waals surface area contributed by atoms with Crippen molar-refractivity contribution in [2.75, 3.05) is 0 Å². The standard InChI is InChI=1S/C24H23ClN2O3/c1-17(19-5-3-2-4-6-19)15-23(28)26-27-24(29)20-9-7-18(8-10-20)16-30-22-13-11-21(25)12-14-22/h2-14,17H,15-16H2,1H3,(H,26,28)(H,27,29)/t17-/m0/s1. The predicted octanol–water partition coefficient (Wildman–Crippen LogP) is 4.87. The first-order valence-electron chi connectivity index (χ1n) is 9.62. The highest BCUT2D eigenvalue weighted by atomic mass is 35.5. The topological polar surface area (TPSA) is 67.4 Å². The molecule has 30 heavy (non-hydrogen) atoms. The second-order valence-corrected chi connectivity index (χ2v) is 7.39. The lowest BCUT2D eigenvalue weighted by atomic mass is 9.98. The summed E-state index contributed by atoms with van der Waals surface area (Å²) < 4.78 is 5.68. The molecule has 3 aromatic rings. The normalized spacial score (nSPS) is 11.4. The molecule has 0 radical (unpaired) electrons.